The zero-order valence-corrected chi connectivity index (χ0v) is 14.5. The molecule has 1 aliphatic rings. The molecule has 0 saturated carbocycles. The number of benzene rings is 2. The van der Waals surface area contributed by atoms with Crippen molar-refractivity contribution >= 4 is 29.1 Å². The van der Waals surface area contributed by atoms with E-state index in [2.05, 4.69) is 46.7 Å². The third-order valence-corrected chi connectivity index (χ3v) is 4.82. The summed E-state index contributed by atoms with van der Waals surface area (Å²) in [5.74, 6) is -0.00939. The third kappa shape index (κ3) is 4.32. The van der Waals surface area contributed by atoms with Gasteiger partial charge in [0.15, 0.2) is 5.17 Å². The molecule has 0 unspecified atom stereocenters. The lowest BCUT2D eigenvalue weighted by Gasteiger charge is -2.05. The van der Waals surface area contributed by atoms with Crippen LogP contribution in [0.2, 0.25) is 0 Å². The van der Waals surface area contributed by atoms with Crippen LogP contribution in [-0.2, 0) is 11.2 Å². The summed E-state index contributed by atoms with van der Waals surface area (Å²) < 4.78 is 0. The predicted octanol–water partition coefficient (Wildman–Crippen LogP) is 3.47. The Labute approximate surface area is 146 Å². The molecule has 0 aliphatic carbocycles. The van der Waals surface area contributed by atoms with Crippen LogP contribution in [0, 0.1) is 13.8 Å². The second-order valence-corrected chi connectivity index (χ2v) is 7.04. The highest BCUT2D eigenvalue weighted by molar-refractivity contribution is 8.15. The molecule has 0 aromatic heterocycles. The Balaban J connectivity index is 1.61. The van der Waals surface area contributed by atoms with E-state index in [1.54, 1.807) is 6.21 Å². The van der Waals surface area contributed by atoms with Crippen molar-refractivity contribution in [3.63, 3.8) is 0 Å². The van der Waals surface area contributed by atoms with Crippen LogP contribution < -0.4 is 5.32 Å². The fourth-order valence-electron chi connectivity index (χ4n) is 2.33. The quantitative estimate of drug-likeness (QED) is 0.686. The summed E-state index contributed by atoms with van der Waals surface area (Å²) in [5.41, 5.74) is 4.55. The van der Waals surface area contributed by atoms with Gasteiger partial charge in [0.05, 0.1) is 11.5 Å². The first-order chi connectivity index (χ1) is 11.6. The van der Waals surface area contributed by atoms with E-state index in [0.29, 0.717) is 11.6 Å². The molecule has 3 rings (SSSR count). The smallest absolute Gasteiger partial charge is 0.239 e. The van der Waals surface area contributed by atoms with Gasteiger partial charge in [-0.3, -0.25) is 4.79 Å². The van der Waals surface area contributed by atoms with Crippen LogP contribution in [0.4, 0.5) is 0 Å². The van der Waals surface area contributed by atoms with Crippen LogP contribution in [0.1, 0.15) is 22.3 Å². The minimum atomic E-state index is -0.152. The van der Waals surface area contributed by atoms with Gasteiger partial charge in [0.25, 0.3) is 0 Å². The monoisotopic (exact) mass is 337 g/mol. The molecule has 2 aromatic carbocycles. The molecular weight excluding hydrogens is 318 g/mol. The van der Waals surface area contributed by atoms with Crippen molar-refractivity contribution in [1.82, 2.24) is 5.32 Å². The summed E-state index contributed by atoms with van der Waals surface area (Å²) in [4.78, 5) is 12.1. The molecule has 1 amide bonds. The molecule has 1 atom stereocenters. The molecule has 1 N–H and O–H groups in total. The van der Waals surface area contributed by atoms with E-state index in [0.717, 1.165) is 11.1 Å². The molecule has 1 fully saturated rings. The zero-order valence-electron chi connectivity index (χ0n) is 13.7. The first-order valence-electron chi connectivity index (χ1n) is 7.81. The highest BCUT2D eigenvalue weighted by Crippen LogP contribution is 2.23. The van der Waals surface area contributed by atoms with Gasteiger partial charge in [0.2, 0.25) is 5.91 Å². The Morgan fingerprint density at radius 1 is 1.04 bits per heavy atom. The van der Waals surface area contributed by atoms with Crippen LogP contribution in [0.3, 0.4) is 0 Å². The maximum Gasteiger partial charge on any atom is 0.239 e. The molecule has 5 heteroatoms. The maximum atomic E-state index is 12.1. The molecule has 4 nitrogen and oxygen atoms in total. The average molecular weight is 337 g/mol. The van der Waals surface area contributed by atoms with Crippen LogP contribution in [0.25, 0.3) is 0 Å². The average Bonchev–Trinajstić information content (AvgIpc) is 2.91. The van der Waals surface area contributed by atoms with Crippen molar-refractivity contribution in [3.8, 4) is 0 Å². The normalized spacial score (nSPS) is 19.2. The Hall–Kier alpha value is -2.40. The minimum absolute atomic E-state index is 0.00939. The first kappa shape index (κ1) is 16.5. The number of amidine groups is 1. The standard InChI is InChI=1S/C19H19N3OS/c1-13-3-7-15(8-4-13)11-17-18(23)21-19(24-17)22-20-12-16-9-5-14(2)6-10-16/h3-10,12,17H,11H2,1-2H3,(H,21,22,23)/b20-12-/t17-/m0/s1. The fraction of sp³-hybridized carbons (Fsp3) is 0.211. The number of carbonyl (C=O) groups is 1. The van der Waals surface area contributed by atoms with Crippen LogP contribution in [0.5, 0.6) is 0 Å². The fourth-order valence-corrected chi connectivity index (χ4v) is 3.29. The van der Waals surface area contributed by atoms with Crippen LogP contribution in [0.15, 0.2) is 58.7 Å². The maximum absolute atomic E-state index is 12.1. The van der Waals surface area contributed by atoms with Gasteiger partial charge in [-0.15, -0.1) is 5.10 Å². The number of hydrogen-bond donors (Lipinski definition) is 1. The SMILES string of the molecule is Cc1ccc(/C=N\N=C2/NC(=O)[C@H](Cc3ccc(C)cc3)S2)cc1. The van der Waals surface area contributed by atoms with Gasteiger partial charge in [0, 0.05) is 0 Å². The molecule has 122 valence electrons. The highest BCUT2D eigenvalue weighted by Gasteiger charge is 2.30. The molecule has 1 heterocycles. The molecule has 1 aliphatic heterocycles. The Morgan fingerprint density at radius 2 is 1.67 bits per heavy atom. The summed E-state index contributed by atoms with van der Waals surface area (Å²) in [5, 5.41) is 11.4. The topological polar surface area (TPSA) is 53.8 Å². The van der Waals surface area contributed by atoms with E-state index in [9.17, 15) is 4.79 Å². The lowest BCUT2D eigenvalue weighted by atomic mass is 10.1. The number of rotatable bonds is 4. The van der Waals surface area contributed by atoms with E-state index in [1.807, 2.05) is 31.2 Å². The number of amides is 1. The van der Waals surface area contributed by atoms with E-state index in [-0.39, 0.29) is 11.2 Å². The lowest BCUT2D eigenvalue weighted by molar-refractivity contribution is -0.118. The summed E-state index contributed by atoms with van der Waals surface area (Å²) >= 11 is 1.43. The van der Waals surface area contributed by atoms with Gasteiger partial charge < -0.3 is 5.32 Å². The molecule has 0 bridgehead atoms. The highest BCUT2D eigenvalue weighted by atomic mass is 32.2. The summed E-state index contributed by atoms with van der Waals surface area (Å²) in [6.07, 6.45) is 2.38. The number of carbonyl (C=O) groups excluding carboxylic acids is 1. The van der Waals surface area contributed by atoms with Crippen molar-refractivity contribution < 1.29 is 4.79 Å². The Bertz CT molecular complexity index is 779. The van der Waals surface area contributed by atoms with Crippen molar-refractivity contribution in [2.75, 3.05) is 0 Å². The van der Waals surface area contributed by atoms with E-state index in [1.165, 1.54) is 22.9 Å². The van der Waals surface area contributed by atoms with Crippen molar-refractivity contribution in [1.29, 1.82) is 0 Å². The van der Waals surface area contributed by atoms with Gasteiger partial charge >= 0.3 is 0 Å². The minimum Gasteiger partial charge on any atom is -0.303 e. The second-order valence-electron chi connectivity index (χ2n) is 5.85. The Kier molecular flexibility index (Phi) is 5.11. The van der Waals surface area contributed by atoms with Crippen molar-refractivity contribution in [2.24, 2.45) is 10.2 Å². The van der Waals surface area contributed by atoms with Crippen molar-refractivity contribution in [3.05, 3.63) is 70.8 Å². The summed E-state index contributed by atoms with van der Waals surface area (Å²) in [7, 11) is 0. The molecule has 24 heavy (non-hydrogen) atoms. The van der Waals surface area contributed by atoms with Crippen LogP contribution in [-0.4, -0.2) is 22.5 Å². The Morgan fingerprint density at radius 3 is 2.33 bits per heavy atom. The van der Waals surface area contributed by atoms with E-state index >= 15 is 0 Å². The number of nitrogens with one attached hydrogen (secondary N) is 1. The number of nitrogens with zero attached hydrogens (tertiary/aromatic N) is 2. The van der Waals surface area contributed by atoms with Crippen molar-refractivity contribution in [2.45, 2.75) is 25.5 Å². The number of thioether (sulfide) groups is 1. The molecule has 0 radical (unpaired) electrons. The largest absolute Gasteiger partial charge is 0.303 e. The van der Waals surface area contributed by atoms with Gasteiger partial charge in [0.1, 0.15) is 0 Å². The third-order valence-electron chi connectivity index (χ3n) is 3.75. The molecule has 0 spiro atoms. The molecule has 2 aromatic rings. The lowest BCUT2D eigenvalue weighted by Crippen LogP contribution is -2.25. The predicted molar refractivity (Wildman–Crippen MR) is 101 cm³/mol. The van der Waals surface area contributed by atoms with Crippen LogP contribution >= 0.6 is 11.8 Å². The first-order valence-corrected chi connectivity index (χ1v) is 8.69. The number of aryl methyl sites for hydroxylation is 2. The summed E-state index contributed by atoms with van der Waals surface area (Å²) in [6, 6.07) is 16.3. The second kappa shape index (κ2) is 7.45. The van der Waals surface area contributed by atoms with Gasteiger partial charge in [-0.05, 0) is 31.4 Å². The van der Waals surface area contributed by atoms with Gasteiger partial charge in [-0.2, -0.15) is 5.10 Å². The van der Waals surface area contributed by atoms with E-state index in [4.69, 9.17) is 0 Å². The van der Waals surface area contributed by atoms with E-state index < -0.39 is 0 Å². The molecule has 1 saturated heterocycles. The molecular formula is C19H19N3OS. The zero-order chi connectivity index (χ0) is 16.9. The summed E-state index contributed by atoms with van der Waals surface area (Å²) in [6.45, 7) is 4.09. The number of hydrogen-bond acceptors (Lipinski definition) is 4. The van der Waals surface area contributed by atoms with Gasteiger partial charge in [-0.1, -0.05) is 71.4 Å². The van der Waals surface area contributed by atoms with Gasteiger partial charge in [-0.25, -0.2) is 0 Å².